The minimum atomic E-state index is 0.127. The number of allylic oxidation sites excluding steroid dienone is 2. The highest BCUT2D eigenvalue weighted by atomic mass is 16.5. The number of carbonyl (C=O) groups excluding carboxylic acids is 2. The van der Waals surface area contributed by atoms with Crippen LogP contribution in [0.4, 0.5) is 0 Å². The number of ketones is 2. The maximum absolute atomic E-state index is 11.5. The number of ether oxygens (including phenoxy) is 3. The first-order chi connectivity index (χ1) is 12.7. The van der Waals surface area contributed by atoms with Gasteiger partial charge in [-0.15, -0.1) is 0 Å². The third kappa shape index (κ3) is 15.5. The first-order valence-electron chi connectivity index (χ1n) is 9.84. The summed E-state index contributed by atoms with van der Waals surface area (Å²) in [5.74, 6) is 0.939. The summed E-state index contributed by atoms with van der Waals surface area (Å²) in [6.07, 6.45) is 2.70. The van der Waals surface area contributed by atoms with Gasteiger partial charge in [0.15, 0.2) is 11.6 Å². The summed E-state index contributed by atoms with van der Waals surface area (Å²) >= 11 is 0. The predicted molar refractivity (Wildman–Crippen MR) is 109 cm³/mol. The van der Waals surface area contributed by atoms with Gasteiger partial charge in [-0.25, -0.2) is 0 Å². The normalized spacial score (nSPS) is 13.2. The standard InChI is InChI=1S/C22H38O5/c1-17(2)21(23)9-7-19(5)15-26-13-11-25-12-14-27-16-20(6)8-10-22(24)18(3)4/h19-20H,1,3,7-16H2,2,4-6H3. The molecule has 0 radical (unpaired) electrons. The highest BCUT2D eigenvalue weighted by Gasteiger charge is 2.08. The Kier molecular flexibility index (Phi) is 15.0. The van der Waals surface area contributed by atoms with Gasteiger partial charge in [0.2, 0.25) is 0 Å². The van der Waals surface area contributed by atoms with Crippen molar-refractivity contribution in [1.29, 1.82) is 0 Å². The van der Waals surface area contributed by atoms with E-state index < -0.39 is 0 Å². The molecule has 0 heterocycles. The van der Waals surface area contributed by atoms with E-state index >= 15 is 0 Å². The highest BCUT2D eigenvalue weighted by molar-refractivity contribution is 5.94. The first kappa shape index (κ1) is 25.7. The van der Waals surface area contributed by atoms with E-state index in [9.17, 15) is 9.59 Å². The lowest BCUT2D eigenvalue weighted by Gasteiger charge is -2.13. The number of carbonyl (C=O) groups is 2. The second-order valence-corrected chi connectivity index (χ2v) is 7.46. The fourth-order valence-corrected chi connectivity index (χ4v) is 2.26. The molecule has 5 nitrogen and oxygen atoms in total. The van der Waals surface area contributed by atoms with Crippen molar-refractivity contribution < 1.29 is 23.8 Å². The molecule has 0 saturated heterocycles. The molecule has 156 valence electrons. The van der Waals surface area contributed by atoms with Gasteiger partial charge < -0.3 is 14.2 Å². The Hall–Kier alpha value is -1.30. The molecular weight excluding hydrogens is 344 g/mol. The van der Waals surface area contributed by atoms with Gasteiger partial charge in [-0.3, -0.25) is 9.59 Å². The van der Waals surface area contributed by atoms with E-state index in [1.54, 1.807) is 13.8 Å². The van der Waals surface area contributed by atoms with Crippen molar-refractivity contribution >= 4 is 11.6 Å². The van der Waals surface area contributed by atoms with E-state index in [0.717, 1.165) is 12.8 Å². The van der Waals surface area contributed by atoms with Crippen LogP contribution < -0.4 is 0 Å². The molecule has 0 aromatic carbocycles. The Morgan fingerprint density at radius 2 is 1.04 bits per heavy atom. The molecule has 0 saturated carbocycles. The number of hydrogen-bond acceptors (Lipinski definition) is 5. The van der Waals surface area contributed by atoms with Crippen molar-refractivity contribution in [1.82, 2.24) is 0 Å². The second-order valence-electron chi connectivity index (χ2n) is 7.46. The molecule has 27 heavy (non-hydrogen) atoms. The van der Waals surface area contributed by atoms with Crippen LogP contribution in [0.2, 0.25) is 0 Å². The smallest absolute Gasteiger partial charge is 0.157 e. The van der Waals surface area contributed by atoms with Gasteiger partial charge in [-0.05, 0) is 49.7 Å². The molecule has 0 rings (SSSR count). The Morgan fingerprint density at radius 3 is 1.37 bits per heavy atom. The van der Waals surface area contributed by atoms with Crippen LogP contribution in [0, 0.1) is 11.8 Å². The average Bonchev–Trinajstić information content (AvgIpc) is 2.62. The average molecular weight is 383 g/mol. The van der Waals surface area contributed by atoms with Gasteiger partial charge in [0.1, 0.15) is 0 Å². The molecular formula is C22H38O5. The lowest BCUT2D eigenvalue weighted by atomic mass is 10.0. The second kappa shape index (κ2) is 15.7. The monoisotopic (exact) mass is 382 g/mol. The van der Waals surface area contributed by atoms with Gasteiger partial charge in [0.25, 0.3) is 0 Å². The van der Waals surface area contributed by atoms with Gasteiger partial charge in [-0.2, -0.15) is 0 Å². The molecule has 0 bridgehead atoms. The first-order valence-corrected chi connectivity index (χ1v) is 9.84. The van der Waals surface area contributed by atoms with Crippen LogP contribution in [0.3, 0.4) is 0 Å². The predicted octanol–water partition coefficient (Wildman–Crippen LogP) is 4.16. The zero-order chi connectivity index (χ0) is 20.7. The molecule has 0 aliphatic carbocycles. The van der Waals surface area contributed by atoms with Gasteiger partial charge in [0, 0.05) is 26.1 Å². The highest BCUT2D eigenvalue weighted by Crippen LogP contribution is 2.10. The van der Waals surface area contributed by atoms with Crippen LogP contribution in [0.15, 0.2) is 24.3 Å². The van der Waals surface area contributed by atoms with E-state index in [4.69, 9.17) is 14.2 Å². The Labute approximate surface area is 165 Å². The van der Waals surface area contributed by atoms with Crippen LogP contribution >= 0.6 is 0 Å². The van der Waals surface area contributed by atoms with Gasteiger partial charge in [0.05, 0.1) is 26.4 Å². The van der Waals surface area contributed by atoms with Crippen molar-refractivity contribution in [3.05, 3.63) is 24.3 Å². The van der Waals surface area contributed by atoms with E-state index in [1.807, 2.05) is 0 Å². The lowest BCUT2D eigenvalue weighted by Crippen LogP contribution is -2.15. The topological polar surface area (TPSA) is 61.8 Å². The zero-order valence-corrected chi connectivity index (χ0v) is 17.7. The molecule has 2 atom stereocenters. The van der Waals surface area contributed by atoms with Crippen LogP contribution in [0.5, 0.6) is 0 Å². The van der Waals surface area contributed by atoms with Crippen molar-refractivity contribution in [2.75, 3.05) is 39.6 Å². The number of rotatable bonds is 18. The molecule has 0 spiro atoms. The third-order valence-corrected chi connectivity index (χ3v) is 4.23. The summed E-state index contributed by atoms with van der Waals surface area (Å²) in [5.41, 5.74) is 1.24. The minimum absolute atomic E-state index is 0.127. The Balaban J connectivity index is 3.44. The molecule has 0 aliphatic heterocycles. The van der Waals surface area contributed by atoms with Gasteiger partial charge >= 0.3 is 0 Å². The zero-order valence-electron chi connectivity index (χ0n) is 17.7. The molecule has 5 heteroatoms. The molecule has 0 aromatic heterocycles. The van der Waals surface area contributed by atoms with Crippen LogP contribution in [0.1, 0.15) is 53.4 Å². The summed E-state index contributed by atoms with van der Waals surface area (Å²) in [5, 5.41) is 0. The number of Topliss-reactive ketones (excluding diaryl/α,β-unsaturated/α-hetero) is 2. The molecule has 2 unspecified atom stereocenters. The Bertz CT molecular complexity index is 427. The van der Waals surface area contributed by atoms with Crippen molar-refractivity contribution in [2.45, 2.75) is 53.4 Å². The largest absolute Gasteiger partial charge is 0.379 e. The third-order valence-electron chi connectivity index (χ3n) is 4.23. The quantitative estimate of drug-likeness (QED) is 0.263. The fraction of sp³-hybridized carbons (Fsp3) is 0.727. The van der Waals surface area contributed by atoms with Crippen molar-refractivity contribution in [3.8, 4) is 0 Å². The van der Waals surface area contributed by atoms with Crippen LogP contribution in [-0.2, 0) is 23.8 Å². The van der Waals surface area contributed by atoms with Crippen LogP contribution in [0.25, 0.3) is 0 Å². The van der Waals surface area contributed by atoms with Crippen LogP contribution in [-0.4, -0.2) is 51.2 Å². The minimum Gasteiger partial charge on any atom is -0.379 e. The van der Waals surface area contributed by atoms with Crippen molar-refractivity contribution in [3.63, 3.8) is 0 Å². The lowest BCUT2D eigenvalue weighted by molar-refractivity contribution is -0.116. The maximum atomic E-state index is 11.5. The molecule has 0 aromatic rings. The molecule has 0 aliphatic rings. The summed E-state index contributed by atoms with van der Waals surface area (Å²) in [6, 6.07) is 0. The van der Waals surface area contributed by atoms with Crippen molar-refractivity contribution in [2.24, 2.45) is 11.8 Å². The molecule has 0 amide bonds. The molecule has 0 N–H and O–H groups in total. The van der Waals surface area contributed by atoms with E-state index in [-0.39, 0.29) is 11.6 Å². The van der Waals surface area contributed by atoms with Gasteiger partial charge in [-0.1, -0.05) is 27.0 Å². The van der Waals surface area contributed by atoms with E-state index in [1.165, 1.54) is 0 Å². The maximum Gasteiger partial charge on any atom is 0.157 e. The fourth-order valence-electron chi connectivity index (χ4n) is 2.26. The van der Waals surface area contributed by atoms with E-state index in [2.05, 4.69) is 27.0 Å². The Morgan fingerprint density at radius 1 is 0.704 bits per heavy atom. The van der Waals surface area contributed by atoms with E-state index in [0.29, 0.717) is 75.5 Å². The summed E-state index contributed by atoms with van der Waals surface area (Å²) in [4.78, 5) is 23.0. The summed E-state index contributed by atoms with van der Waals surface area (Å²) < 4.78 is 16.6. The summed E-state index contributed by atoms with van der Waals surface area (Å²) in [7, 11) is 0. The SMILES string of the molecule is C=C(C)C(=O)CCC(C)COCCOCCOCC(C)CCC(=O)C(=C)C. The molecule has 0 fully saturated rings. The summed E-state index contributed by atoms with van der Waals surface area (Å²) in [6.45, 7) is 18.4. The number of hydrogen-bond donors (Lipinski definition) is 0.